The van der Waals surface area contributed by atoms with Gasteiger partial charge >= 0.3 is 0 Å². The van der Waals surface area contributed by atoms with Gasteiger partial charge in [0.05, 0.1) is 0 Å². The minimum Gasteiger partial charge on any atom is -0.327 e. The maximum Gasteiger partial charge on any atom is 0.0130 e. The second-order valence-corrected chi connectivity index (χ2v) is 5.08. The monoisotopic (exact) mass is 287 g/mol. The molecule has 1 unspecified atom stereocenters. The van der Waals surface area contributed by atoms with Crippen molar-refractivity contribution in [2.75, 3.05) is 0 Å². The van der Waals surface area contributed by atoms with E-state index in [0.717, 1.165) is 12.3 Å². The molecule has 1 aliphatic carbocycles. The Hall–Kier alpha value is -0.0900. The molecule has 1 nitrogen and oxygen atoms in total. The standard InChI is InChI=1S/C11H14IN/c12-10-5-1-8(2-6-10)7-11(13)9-3-4-9/h1-2,5-6,9,11H,3-4,7,13H2. The maximum atomic E-state index is 6.05. The van der Waals surface area contributed by atoms with Crippen molar-refractivity contribution in [2.45, 2.75) is 25.3 Å². The molecule has 0 heterocycles. The van der Waals surface area contributed by atoms with E-state index in [4.69, 9.17) is 5.73 Å². The zero-order valence-electron chi connectivity index (χ0n) is 7.54. The fraction of sp³-hybridized carbons (Fsp3) is 0.455. The third-order valence-corrected chi connectivity index (χ3v) is 3.33. The molecular formula is C11H14IN. The average molecular weight is 287 g/mol. The lowest BCUT2D eigenvalue weighted by Crippen LogP contribution is -2.24. The van der Waals surface area contributed by atoms with Crippen LogP contribution >= 0.6 is 22.6 Å². The molecule has 1 fully saturated rings. The van der Waals surface area contributed by atoms with Crippen LogP contribution in [0, 0.1) is 9.49 Å². The highest BCUT2D eigenvalue weighted by Crippen LogP contribution is 2.32. The van der Waals surface area contributed by atoms with E-state index in [2.05, 4.69) is 46.9 Å². The summed E-state index contributed by atoms with van der Waals surface area (Å²) in [6.45, 7) is 0. The number of nitrogens with two attached hydrogens (primary N) is 1. The van der Waals surface area contributed by atoms with E-state index in [-0.39, 0.29) is 0 Å². The summed E-state index contributed by atoms with van der Waals surface area (Å²) in [5.74, 6) is 0.805. The van der Waals surface area contributed by atoms with Gasteiger partial charge in [-0.15, -0.1) is 0 Å². The van der Waals surface area contributed by atoms with Crippen molar-refractivity contribution in [1.29, 1.82) is 0 Å². The van der Waals surface area contributed by atoms with E-state index >= 15 is 0 Å². The maximum absolute atomic E-state index is 6.05. The molecule has 2 rings (SSSR count). The van der Waals surface area contributed by atoms with Crippen molar-refractivity contribution in [3.05, 3.63) is 33.4 Å². The lowest BCUT2D eigenvalue weighted by atomic mass is 10.0. The van der Waals surface area contributed by atoms with Gasteiger partial charge in [0.1, 0.15) is 0 Å². The Morgan fingerprint density at radius 3 is 2.46 bits per heavy atom. The molecule has 0 radical (unpaired) electrons. The molecule has 70 valence electrons. The van der Waals surface area contributed by atoms with Crippen molar-refractivity contribution in [3.63, 3.8) is 0 Å². The number of hydrogen-bond acceptors (Lipinski definition) is 1. The lowest BCUT2D eigenvalue weighted by Gasteiger charge is -2.09. The van der Waals surface area contributed by atoms with Crippen LogP contribution in [0.5, 0.6) is 0 Å². The molecule has 0 spiro atoms. The Kier molecular flexibility index (Phi) is 2.89. The molecule has 1 aliphatic rings. The van der Waals surface area contributed by atoms with Crippen LogP contribution in [-0.2, 0) is 6.42 Å². The Morgan fingerprint density at radius 1 is 1.31 bits per heavy atom. The lowest BCUT2D eigenvalue weighted by molar-refractivity contribution is 0.591. The highest BCUT2D eigenvalue weighted by atomic mass is 127. The van der Waals surface area contributed by atoms with Gasteiger partial charge in [-0.1, -0.05) is 12.1 Å². The van der Waals surface area contributed by atoms with Gasteiger partial charge in [-0.2, -0.15) is 0 Å². The summed E-state index contributed by atoms with van der Waals surface area (Å²) in [4.78, 5) is 0. The number of rotatable bonds is 3. The predicted octanol–water partition coefficient (Wildman–Crippen LogP) is 2.57. The van der Waals surface area contributed by atoms with Gasteiger partial charge in [0.25, 0.3) is 0 Å². The minimum absolute atomic E-state index is 0.389. The smallest absolute Gasteiger partial charge is 0.0130 e. The Bertz CT molecular complexity index is 277. The summed E-state index contributed by atoms with van der Waals surface area (Å²) in [6.07, 6.45) is 3.72. The van der Waals surface area contributed by atoms with Gasteiger partial charge in [0, 0.05) is 9.61 Å². The van der Waals surface area contributed by atoms with Crippen molar-refractivity contribution < 1.29 is 0 Å². The van der Waals surface area contributed by atoms with Crippen LogP contribution in [0.25, 0.3) is 0 Å². The van der Waals surface area contributed by atoms with E-state index in [1.165, 1.54) is 22.0 Å². The van der Waals surface area contributed by atoms with Gasteiger partial charge < -0.3 is 5.73 Å². The van der Waals surface area contributed by atoms with E-state index in [1.54, 1.807) is 0 Å². The van der Waals surface area contributed by atoms with Crippen LogP contribution in [0.4, 0.5) is 0 Å². The van der Waals surface area contributed by atoms with Crippen molar-refractivity contribution in [1.82, 2.24) is 0 Å². The predicted molar refractivity (Wildman–Crippen MR) is 63.6 cm³/mol. The minimum atomic E-state index is 0.389. The van der Waals surface area contributed by atoms with Crippen LogP contribution < -0.4 is 5.73 Å². The van der Waals surface area contributed by atoms with E-state index in [1.807, 2.05) is 0 Å². The fourth-order valence-electron chi connectivity index (χ4n) is 1.58. The van der Waals surface area contributed by atoms with Crippen molar-refractivity contribution in [2.24, 2.45) is 11.7 Å². The highest BCUT2D eigenvalue weighted by molar-refractivity contribution is 14.1. The number of hydrogen-bond donors (Lipinski definition) is 1. The summed E-state index contributed by atoms with van der Waals surface area (Å²) in [6, 6.07) is 9.05. The SMILES string of the molecule is NC(Cc1ccc(I)cc1)C1CC1. The summed E-state index contributed by atoms with van der Waals surface area (Å²) in [5, 5.41) is 0. The zero-order valence-corrected chi connectivity index (χ0v) is 9.70. The molecule has 0 saturated heterocycles. The summed E-state index contributed by atoms with van der Waals surface area (Å²) >= 11 is 2.32. The average Bonchev–Trinajstić information content (AvgIpc) is 2.91. The first kappa shape index (κ1) is 9.46. The first-order chi connectivity index (χ1) is 6.25. The molecule has 1 atom stereocenters. The summed E-state index contributed by atoms with van der Waals surface area (Å²) < 4.78 is 1.29. The van der Waals surface area contributed by atoms with Gasteiger partial charge in [0.15, 0.2) is 0 Å². The molecular weight excluding hydrogens is 273 g/mol. The number of halogens is 1. The third-order valence-electron chi connectivity index (χ3n) is 2.61. The van der Waals surface area contributed by atoms with Crippen LogP contribution in [0.3, 0.4) is 0 Å². The number of benzene rings is 1. The molecule has 1 aromatic rings. The molecule has 2 heteroatoms. The third kappa shape index (κ3) is 2.68. The van der Waals surface area contributed by atoms with Gasteiger partial charge in [0.2, 0.25) is 0 Å². The molecule has 1 saturated carbocycles. The summed E-state index contributed by atoms with van der Waals surface area (Å²) in [7, 11) is 0. The Labute approximate surface area is 92.9 Å². The summed E-state index contributed by atoms with van der Waals surface area (Å²) in [5.41, 5.74) is 7.42. The van der Waals surface area contributed by atoms with Crippen LogP contribution in [0.15, 0.2) is 24.3 Å². The van der Waals surface area contributed by atoms with Crippen molar-refractivity contribution >= 4 is 22.6 Å². The Morgan fingerprint density at radius 2 is 1.92 bits per heavy atom. The first-order valence-corrected chi connectivity index (χ1v) is 5.83. The largest absolute Gasteiger partial charge is 0.327 e. The van der Waals surface area contributed by atoms with Gasteiger partial charge in [-0.25, -0.2) is 0 Å². The van der Waals surface area contributed by atoms with Crippen molar-refractivity contribution in [3.8, 4) is 0 Å². The van der Waals surface area contributed by atoms with Gasteiger partial charge in [-0.05, 0) is 65.5 Å². The molecule has 0 aliphatic heterocycles. The van der Waals surface area contributed by atoms with E-state index < -0.39 is 0 Å². The molecule has 1 aromatic carbocycles. The molecule has 2 N–H and O–H groups in total. The topological polar surface area (TPSA) is 26.0 Å². The van der Waals surface area contributed by atoms with Crippen LogP contribution in [0.1, 0.15) is 18.4 Å². The molecule has 0 bridgehead atoms. The second-order valence-electron chi connectivity index (χ2n) is 3.83. The first-order valence-electron chi connectivity index (χ1n) is 4.76. The second kappa shape index (κ2) is 3.96. The zero-order chi connectivity index (χ0) is 9.26. The molecule has 0 amide bonds. The highest BCUT2D eigenvalue weighted by Gasteiger charge is 2.28. The van der Waals surface area contributed by atoms with Crippen LogP contribution in [-0.4, -0.2) is 6.04 Å². The Balaban J connectivity index is 1.96. The fourth-order valence-corrected chi connectivity index (χ4v) is 1.94. The quantitative estimate of drug-likeness (QED) is 0.850. The van der Waals surface area contributed by atoms with Gasteiger partial charge in [-0.3, -0.25) is 0 Å². The van der Waals surface area contributed by atoms with Crippen LogP contribution in [0.2, 0.25) is 0 Å². The van der Waals surface area contributed by atoms with E-state index in [0.29, 0.717) is 6.04 Å². The normalized spacial score (nSPS) is 18.6. The van der Waals surface area contributed by atoms with E-state index in [9.17, 15) is 0 Å². The molecule has 0 aromatic heterocycles. The molecule has 13 heavy (non-hydrogen) atoms.